The van der Waals surface area contributed by atoms with Gasteiger partial charge in [0.1, 0.15) is 0 Å². The van der Waals surface area contributed by atoms with Gasteiger partial charge in [-0.2, -0.15) is 0 Å². The van der Waals surface area contributed by atoms with Crippen molar-refractivity contribution in [2.45, 2.75) is 32.1 Å². The predicted octanol–water partition coefficient (Wildman–Crippen LogP) is 3.98. The highest BCUT2D eigenvalue weighted by molar-refractivity contribution is 7.07. The number of hydrogen-bond acceptors (Lipinski definition) is 0. The van der Waals surface area contributed by atoms with E-state index in [9.17, 15) is 0 Å². The van der Waals surface area contributed by atoms with Gasteiger partial charge in [-0.1, -0.05) is 38.2 Å². The number of rotatable bonds is 0. The molecule has 1 heterocycles. The maximum absolute atomic E-state index is 2.04. The molecule has 60 valence electrons. The van der Waals surface area contributed by atoms with Crippen molar-refractivity contribution in [1.29, 1.82) is 0 Å². The lowest BCUT2D eigenvalue weighted by Crippen LogP contribution is -1.47. The van der Waals surface area contributed by atoms with Crippen LogP contribution >= 0.6 is 11.3 Å². The fraction of sp³-hybridized carbons (Fsp3) is 0.500. The first-order valence-electron chi connectivity index (χ1n) is 4.30. The Hall–Kier alpha value is -0.430. The Morgan fingerprint density at radius 1 is 0.636 bits per heavy atom. The molecule has 0 saturated heterocycles. The molecule has 1 fully saturated rings. The molecule has 0 aliphatic heterocycles. The van der Waals surface area contributed by atoms with Gasteiger partial charge in [-0.05, 0) is 12.1 Å². The highest BCUT2D eigenvalue weighted by Gasteiger charge is 1.95. The van der Waals surface area contributed by atoms with Gasteiger partial charge in [0, 0.05) is 0 Å². The van der Waals surface area contributed by atoms with Crippen LogP contribution in [0.1, 0.15) is 32.1 Å². The third kappa shape index (κ3) is 4.91. The molecular formula is C10H15S+. The van der Waals surface area contributed by atoms with Crippen LogP contribution in [0.3, 0.4) is 0 Å². The minimum absolute atomic E-state index is 1.50. The predicted molar refractivity (Wildman–Crippen MR) is 51.8 cm³/mol. The van der Waals surface area contributed by atoms with Gasteiger partial charge in [-0.25, -0.2) is 0 Å². The first-order valence-corrected chi connectivity index (χ1v) is 5.25. The first kappa shape index (κ1) is 8.66. The minimum atomic E-state index is 1.50. The van der Waals surface area contributed by atoms with E-state index in [2.05, 4.69) is 0 Å². The summed E-state index contributed by atoms with van der Waals surface area (Å²) in [6.07, 6.45) is 7.50. The Morgan fingerprint density at radius 3 is 1.27 bits per heavy atom. The van der Waals surface area contributed by atoms with Crippen molar-refractivity contribution in [1.82, 2.24) is 0 Å². The Balaban J connectivity index is 0.000000112. The van der Waals surface area contributed by atoms with Crippen LogP contribution in [0.5, 0.6) is 0 Å². The van der Waals surface area contributed by atoms with E-state index in [1.807, 2.05) is 29.0 Å². The van der Waals surface area contributed by atoms with E-state index >= 15 is 0 Å². The average Bonchev–Trinajstić information content (AvgIpc) is 2.64. The van der Waals surface area contributed by atoms with E-state index < -0.39 is 0 Å². The van der Waals surface area contributed by atoms with Gasteiger partial charge >= 0.3 is 0 Å². The van der Waals surface area contributed by atoms with Crippen molar-refractivity contribution in [2.24, 2.45) is 0 Å². The Labute approximate surface area is 72.9 Å². The van der Waals surface area contributed by atoms with E-state index in [0.29, 0.717) is 0 Å². The van der Waals surface area contributed by atoms with Crippen LogP contribution in [0.4, 0.5) is 0 Å². The summed E-state index contributed by atoms with van der Waals surface area (Å²) in [6, 6.07) is 6.05. The van der Waals surface area contributed by atoms with Gasteiger partial charge in [0.05, 0.1) is 0 Å². The molecule has 1 saturated carbocycles. The molecule has 1 aromatic heterocycles. The smallest absolute Gasteiger partial charge is 0.0533 e. The minimum Gasteiger partial charge on any atom is -0.0533 e. The van der Waals surface area contributed by atoms with E-state index in [4.69, 9.17) is 0 Å². The summed E-state index contributed by atoms with van der Waals surface area (Å²) < 4.78 is 0. The largest absolute Gasteiger partial charge is 0.211 e. The van der Waals surface area contributed by atoms with Gasteiger partial charge in [0.15, 0.2) is 10.8 Å². The molecule has 0 aromatic carbocycles. The van der Waals surface area contributed by atoms with Crippen molar-refractivity contribution >= 4 is 11.3 Å². The number of hydrogen-bond donors (Lipinski definition) is 0. The average molecular weight is 167 g/mol. The van der Waals surface area contributed by atoms with Crippen LogP contribution in [0.2, 0.25) is 0 Å². The van der Waals surface area contributed by atoms with Gasteiger partial charge in [0.25, 0.3) is 0 Å². The highest BCUT2D eigenvalue weighted by Crippen LogP contribution is 2.15. The Morgan fingerprint density at radius 2 is 1.09 bits per heavy atom. The molecule has 1 aliphatic rings. The summed E-state index contributed by atoms with van der Waals surface area (Å²) in [5, 5.41) is 4.08. The van der Waals surface area contributed by atoms with Gasteiger partial charge in [-0.15, -0.1) is 0 Å². The van der Waals surface area contributed by atoms with Crippen LogP contribution in [0, 0.1) is 0 Å². The summed E-state index contributed by atoms with van der Waals surface area (Å²) in [5.41, 5.74) is 0. The van der Waals surface area contributed by atoms with E-state index in [1.54, 1.807) is 11.3 Å². The third-order valence-electron chi connectivity index (χ3n) is 1.79. The summed E-state index contributed by atoms with van der Waals surface area (Å²) in [6.45, 7) is 0. The quantitative estimate of drug-likeness (QED) is 0.513. The molecular weight excluding hydrogens is 152 g/mol. The molecule has 1 aliphatic carbocycles. The Kier molecular flexibility index (Phi) is 4.96. The summed E-state index contributed by atoms with van der Waals surface area (Å²) >= 11 is 1.70. The van der Waals surface area contributed by atoms with Gasteiger partial charge < -0.3 is 0 Å². The van der Waals surface area contributed by atoms with E-state index in [-0.39, 0.29) is 0 Å². The molecule has 11 heavy (non-hydrogen) atoms. The van der Waals surface area contributed by atoms with Crippen LogP contribution < -0.4 is 0 Å². The standard InChI is InChI=1S/C5H5S.C5H10/c1-2-4-6-5-3-1;1-2-4-5-3-1/h1-5H;1-5H2/q+1;. The molecule has 0 nitrogen and oxygen atoms in total. The Bertz CT molecular complexity index is 121. The molecule has 0 atom stereocenters. The second kappa shape index (κ2) is 6.29. The van der Waals surface area contributed by atoms with Crippen LogP contribution in [-0.4, -0.2) is 0 Å². The lowest BCUT2D eigenvalue weighted by molar-refractivity contribution is 0.886. The summed E-state index contributed by atoms with van der Waals surface area (Å²) in [4.78, 5) is 0. The first-order chi connectivity index (χ1) is 5.50. The van der Waals surface area contributed by atoms with Crippen LogP contribution in [0.15, 0.2) is 29.0 Å². The topological polar surface area (TPSA) is 0 Å². The van der Waals surface area contributed by atoms with Crippen LogP contribution in [-0.2, 0) is 0 Å². The van der Waals surface area contributed by atoms with E-state index in [0.717, 1.165) is 0 Å². The van der Waals surface area contributed by atoms with E-state index in [1.165, 1.54) is 32.1 Å². The lowest BCUT2D eigenvalue weighted by atomic mass is 10.4. The fourth-order valence-electron chi connectivity index (χ4n) is 1.17. The van der Waals surface area contributed by atoms with Gasteiger partial charge in [0.2, 0.25) is 11.3 Å². The maximum atomic E-state index is 2.04. The molecule has 0 spiro atoms. The summed E-state index contributed by atoms with van der Waals surface area (Å²) in [5.74, 6) is 0. The van der Waals surface area contributed by atoms with Crippen molar-refractivity contribution in [3.63, 3.8) is 0 Å². The van der Waals surface area contributed by atoms with Crippen LogP contribution in [0.25, 0.3) is 0 Å². The summed E-state index contributed by atoms with van der Waals surface area (Å²) in [7, 11) is 0. The molecule has 2 rings (SSSR count). The zero-order valence-electron chi connectivity index (χ0n) is 6.83. The zero-order valence-corrected chi connectivity index (χ0v) is 7.65. The monoisotopic (exact) mass is 167 g/mol. The van der Waals surface area contributed by atoms with Crippen molar-refractivity contribution < 1.29 is 0 Å². The van der Waals surface area contributed by atoms with Crippen molar-refractivity contribution in [2.75, 3.05) is 0 Å². The second-order valence-electron chi connectivity index (χ2n) is 2.75. The molecule has 0 unspecified atom stereocenters. The SMILES string of the molecule is C1CCCC1.c1cc[s+]cc1. The zero-order chi connectivity index (χ0) is 7.78. The van der Waals surface area contributed by atoms with Crippen molar-refractivity contribution in [3.05, 3.63) is 29.0 Å². The second-order valence-corrected chi connectivity index (χ2v) is 3.57. The molecule has 1 heteroatoms. The fourth-order valence-corrected chi connectivity index (χ4v) is 1.63. The molecule has 0 bridgehead atoms. The third-order valence-corrected chi connectivity index (χ3v) is 2.42. The molecule has 0 N–H and O–H groups in total. The molecule has 0 amide bonds. The molecule has 1 aromatic rings. The van der Waals surface area contributed by atoms with Gasteiger partial charge in [-0.3, -0.25) is 0 Å². The highest BCUT2D eigenvalue weighted by atomic mass is 32.1. The normalized spacial score (nSPS) is 15.3. The molecule has 0 radical (unpaired) electrons. The maximum Gasteiger partial charge on any atom is 0.211 e. The lowest BCUT2D eigenvalue weighted by Gasteiger charge is -1.67. The van der Waals surface area contributed by atoms with Crippen molar-refractivity contribution in [3.8, 4) is 0 Å².